The van der Waals surface area contributed by atoms with Gasteiger partial charge in [0.25, 0.3) is 0 Å². The van der Waals surface area contributed by atoms with E-state index in [-0.39, 0.29) is 11.4 Å². The molecule has 10 nitrogen and oxygen atoms in total. The maximum absolute atomic E-state index is 12.2. The summed E-state index contributed by atoms with van der Waals surface area (Å²) in [5, 5.41) is 21.2. The van der Waals surface area contributed by atoms with Crippen molar-refractivity contribution >= 4 is 34.6 Å². The van der Waals surface area contributed by atoms with Crippen LogP contribution in [0.25, 0.3) is 11.4 Å². The lowest BCUT2D eigenvalue weighted by Gasteiger charge is -2.10. The lowest BCUT2D eigenvalue weighted by molar-refractivity contribution is 0.842. The van der Waals surface area contributed by atoms with Gasteiger partial charge in [-0.2, -0.15) is 10.2 Å². The Hall–Kier alpha value is -4.28. The van der Waals surface area contributed by atoms with E-state index in [0.717, 1.165) is 11.4 Å². The molecule has 0 aliphatic rings. The zero-order chi connectivity index (χ0) is 26.5. The molecule has 0 spiro atoms. The van der Waals surface area contributed by atoms with Crippen LogP contribution in [0.2, 0.25) is 10.0 Å². The highest BCUT2D eigenvalue weighted by Crippen LogP contribution is 2.16. The van der Waals surface area contributed by atoms with E-state index in [1.807, 2.05) is 24.3 Å². The summed E-state index contributed by atoms with van der Waals surface area (Å²) in [7, 11) is 0. The predicted molar refractivity (Wildman–Crippen MR) is 149 cm³/mol. The first kappa shape index (κ1) is 25.4. The first-order valence-electron chi connectivity index (χ1n) is 11.9. The van der Waals surface area contributed by atoms with Gasteiger partial charge in [-0.15, -0.1) is 0 Å². The van der Waals surface area contributed by atoms with Crippen LogP contribution in [0.3, 0.4) is 0 Å². The van der Waals surface area contributed by atoms with Crippen LogP contribution in [0.4, 0.5) is 11.4 Å². The fraction of sp³-hybridized carbons (Fsp3) is 0.154. The Morgan fingerprint density at radius 3 is 1.34 bits per heavy atom. The highest BCUT2D eigenvalue weighted by atomic mass is 35.5. The van der Waals surface area contributed by atoms with Crippen molar-refractivity contribution in [1.29, 1.82) is 0 Å². The Bertz CT molecular complexity index is 1500. The van der Waals surface area contributed by atoms with Crippen molar-refractivity contribution < 1.29 is 0 Å². The van der Waals surface area contributed by atoms with Gasteiger partial charge in [-0.05, 0) is 72.8 Å². The van der Waals surface area contributed by atoms with Gasteiger partial charge in [-0.3, -0.25) is 0 Å². The van der Waals surface area contributed by atoms with Gasteiger partial charge in [0.05, 0.1) is 11.4 Å². The smallest absolute Gasteiger partial charge is 0.347 e. The molecule has 12 heteroatoms. The fourth-order valence-corrected chi connectivity index (χ4v) is 4.30. The van der Waals surface area contributed by atoms with E-state index < -0.39 is 0 Å². The van der Waals surface area contributed by atoms with Crippen molar-refractivity contribution in [3.8, 4) is 11.4 Å². The maximum Gasteiger partial charge on any atom is 0.347 e. The normalized spacial score (nSPS) is 11.0. The molecular weight excluding hydrogens is 527 g/mol. The number of H-pyrrole nitrogens is 2. The number of hydrogen-bond acceptors (Lipinski definition) is 6. The minimum absolute atomic E-state index is 0.294. The van der Waals surface area contributed by atoms with Crippen molar-refractivity contribution in [2.24, 2.45) is 0 Å². The average molecular weight is 551 g/mol. The molecule has 0 aliphatic heterocycles. The summed E-state index contributed by atoms with van der Waals surface area (Å²) < 4.78 is 3.08. The molecule has 2 heterocycles. The van der Waals surface area contributed by atoms with E-state index in [0.29, 0.717) is 59.0 Å². The van der Waals surface area contributed by atoms with Gasteiger partial charge < -0.3 is 10.6 Å². The third kappa shape index (κ3) is 5.82. The van der Waals surface area contributed by atoms with Gasteiger partial charge in [-0.25, -0.2) is 28.9 Å². The summed E-state index contributed by atoms with van der Waals surface area (Å²) in [4.78, 5) is 24.5. The van der Waals surface area contributed by atoms with E-state index >= 15 is 0 Å². The van der Waals surface area contributed by atoms with Crippen LogP contribution in [0.1, 0.15) is 11.6 Å². The number of aromatic nitrogens is 6. The number of halogens is 2. The van der Waals surface area contributed by atoms with Crippen LogP contribution in [0.5, 0.6) is 0 Å². The van der Waals surface area contributed by atoms with Crippen molar-refractivity contribution in [3.05, 3.63) is 115 Å². The summed E-state index contributed by atoms with van der Waals surface area (Å²) in [6, 6.07) is 22.0. The largest absolute Gasteiger partial charge is 0.385 e. The van der Waals surface area contributed by atoms with E-state index in [1.165, 1.54) is 9.13 Å². The van der Waals surface area contributed by atoms with Crippen LogP contribution in [0.15, 0.2) is 82.4 Å². The average Bonchev–Trinajstić information content (AvgIpc) is 3.48. The quantitative estimate of drug-likeness (QED) is 0.208. The molecule has 0 radical (unpaired) electrons. The third-order valence-corrected chi connectivity index (χ3v) is 6.40. The number of nitrogens with zero attached hydrogens (tertiary/aromatic N) is 4. The molecule has 0 amide bonds. The summed E-state index contributed by atoms with van der Waals surface area (Å²) in [6.45, 7) is 1.18. The molecule has 5 aromatic rings. The van der Waals surface area contributed by atoms with E-state index in [2.05, 4.69) is 31.0 Å². The first-order valence-corrected chi connectivity index (χ1v) is 12.7. The Balaban J connectivity index is 1.14. The number of rotatable bonds is 10. The molecule has 0 atom stereocenters. The first-order chi connectivity index (χ1) is 18.5. The third-order valence-electron chi connectivity index (χ3n) is 5.89. The van der Waals surface area contributed by atoms with E-state index in [9.17, 15) is 9.59 Å². The highest BCUT2D eigenvalue weighted by Gasteiger charge is 2.11. The van der Waals surface area contributed by atoms with Gasteiger partial charge in [0.2, 0.25) is 0 Å². The lowest BCUT2D eigenvalue weighted by Crippen LogP contribution is -2.18. The Labute approximate surface area is 227 Å². The zero-order valence-electron chi connectivity index (χ0n) is 20.1. The van der Waals surface area contributed by atoms with Crippen molar-refractivity contribution in [2.75, 3.05) is 23.7 Å². The molecule has 0 saturated carbocycles. The number of nitrogens with one attached hydrogen (secondary N) is 4. The maximum atomic E-state index is 12.2. The predicted octanol–water partition coefficient (Wildman–Crippen LogP) is 4.05. The molecule has 5 rings (SSSR count). The summed E-state index contributed by atoms with van der Waals surface area (Å²) in [5.41, 5.74) is 2.71. The number of hydrogen-bond donors (Lipinski definition) is 4. The Morgan fingerprint density at radius 2 is 0.974 bits per heavy atom. The highest BCUT2D eigenvalue weighted by molar-refractivity contribution is 6.30. The van der Waals surface area contributed by atoms with Gasteiger partial charge in [0, 0.05) is 47.4 Å². The Kier molecular flexibility index (Phi) is 7.62. The minimum Gasteiger partial charge on any atom is -0.385 e. The topological polar surface area (TPSA) is 125 Å². The molecule has 0 aliphatic carbocycles. The molecule has 0 bridgehead atoms. The van der Waals surface area contributed by atoms with Crippen molar-refractivity contribution in [2.45, 2.75) is 12.8 Å². The molecule has 194 valence electrons. The zero-order valence-corrected chi connectivity index (χ0v) is 21.6. The van der Waals surface area contributed by atoms with E-state index in [4.69, 9.17) is 23.2 Å². The summed E-state index contributed by atoms with van der Waals surface area (Å²) in [5.74, 6) is 1.25. The van der Waals surface area contributed by atoms with Crippen LogP contribution in [-0.4, -0.2) is 42.6 Å². The molecule has 3 aromatic carbocycles. The second-order valence-corrected chi connectivity index (χ2v) is 9.32. The molecule has 2 aromatic heterocycles. The number of anilines is 2. The van der Waals surface area contributed by atoms with Crippen LogP contribution in [-0.2, 0) is 12.8 Å². The van der Waals surface area contributed by atoms with Crippen LogP contribution >= 0.6 is 23.2 Å². The number of benzene rings is 3. The SMILES string of the molecule is O=c1[nH]nc(CCNc2ccc(NCCc3n[nH]c(=O)n3-c3ccc(Cl)cc3)cc2)n1-c1ccc(Cl)cc1. The van der Waals surface area contributed by atoms with Crippen molar-refractivity contribution in [1.82, 2.24) is 29.5 Å². The second-order valence-electron chi connectivity index (χ2n) is 8.44. The molecule has 0 fully saturated rings. The second kappa shape index (κ2) is 11.4. The summed E-state index contributed by atoms with van der Waals surface area (Å²) in [6.07, 6.45) is 1.08. The molecule has 0 unspecified atom stereocenters. The van der Waals surface area contributed by atoms with Gasteiger partial charge in [0.15, 0.2) is 0 Å². The monoisotopic (exact) mass is 550 g/mol. The lowest BCUT2D eigenvalue weighted by atomic mass is 10.2. The van der Waals surface area contributed by atoms with Crippen LogP contribution in [0, 0.1) is 0 Å². The van der Waals surface area contributed by atoms with Gasteiger partial charge in [0.1, 0.15) is 11.6 Å². The van der Waals surface area contributed by atoms with Crippen LogP contribution < -0.4 is 22.0 Å². The Morgan fingerprint density at radius 1 is 0.605 bits per heavy atom. The van der Waals surface area contributed by atoms with Gasteiger partial charge >= 0.3 is 11.4 Å². The minimum atomic E-state index is -0.294. The fourth-order valence-electron chi connectivity index (χ4n) is 4.05. The van der Waals surface area contributed by atoms with Gasteiger partial charge in [-0.1, -0.05) is 23.2 Å². The van der Waals surface area contributed by atoms with Crippen molar-refractivity contribution in [3.63, 3.8) is 0 Å². The number of aromatic amines is 2. The molecule has 38 heavy (non-hydrogen) atoms. The summed E-state index contributed by atoms with van der Waals surface area (Å²) >= 11 is 11.9. The molecule has 4 N–H and O–H groups in total. The molecular formula is C26H24Cl2N8O2. The standard InChI is InChI=1S/C26H24Cl2N8O2/c27-17-1-9-21(10-2-17)35-23(31-33-25(35)37)13-15-29-19-5-7-20(8-6-19)30-16-14-24-32-34-26(38)36(24)22-11-3-18(28)4-12-22/h1-12,29-30H,13-16H2,(H,33,37)(H,34,38). The molecule has 0 saturated heterocycles. The van der Waals surface area contributed by atoms with E-state index in [1.54, 1.807) is 48.5 Å².